The van der Waals surface area contributed by atoms with Crippen molar-refractivity contribution in [2.75, 3.05) is 6.54 Å². The maximum atomic E-state index is 12.4. The van der Waals surface area contributed by atoms with Crippen LogP contribution in [0, 0.1) is 5.92 Å². The lowest BCUT2D eigenvalue weighted by Crippen LogP contribution is -2.48. The highest BCUT2D eigenvalue weighted by Crippen LogP contribution is 2.15. The molecule has 1 aromatic rings. The van der Waals surface area contributed by atoms with Crippen LogP contribution in [-0.4, -0.2) is 35.3 Å². The molecule has 5 nitrogen and oxygen atoms in total. The number of hydrogen-bond donors (Lipinski definition) is 2. The van der Waals surface area contributed by atoms with E-state index in [0.717, 1.165) is 10.0 Å². The third kappa shape index (κ3) is 6.31. The monoisotopic (exact) mass is 383 g/mol. The molecule has 0 aliphatic heterocycles. The summed E-state index contributed by atoms with van der Waals surface area (Å²) in [4.78, 5) is 26.0. The lowest BCUT2D eigenvalue weighted by molar-refractivity contribution is -0.135. The summed E-state index contributed by atoms with van der Waals surface area (Å²) in [6.45, 7) is 8.13. The van der Waals surface area contributed by atoms with Crippen molar-refractivity contribution in [2.45, 2.75) is 46.3 Å². The van der Waals surface area contributed by atoms with Crippen molar-refractivity contribution in [3.05, 3.63) is 34.3 Å². The lowest BCUT2D eigenvalue weighted by atomic mass is 10.1. The highest BCUT2D eigenvalue weighted by Gasteiger charge is 2.21. The van der Waals surface area contributed by atoms with Crippen molar-refractivity contribution in [3.8, 4) is 0 Å². The van der Waals surface area contributed by atoms with E-state index < -0.39 is 6.04 Å². The molecule has 128 valence electrons. The fourth-order valence-electron chi connectivity index (χ4n) is 2.08. The molecule has 23 heavy (non-hydrogen) atoms. The van der Waals surface area contributed by atoms with E-state index in [1.807, 2.05) is 52.0 Å². The molecule has 0 aromatic heterocycles. The molecule has 0 radical (unpaired) electrons. The standard InChI is InChI=1S/C17H26BrN3O2/c1-11(2)16(19)17(23)20-9-15(22)21(12(3)4)10-13-6-5-7-14(18)8-13/h5-8,11-12,16H,9-10,19H2,1-4H3,(H,20,23)/t16-/m0/s1. The summed E-state index contributed by atoms with van der Waals surface area (Å²) in [6.07, 6.45) is 0. The van der Waals surface area contributed by atoms with Crippen molar-refractivity contribution >= 4 is 27.7 Å². The van der Waals surface area contributed by atoms with E-state index in [1.54, 1.807) is 4.90 Å². The molecule has 1 rings (SSSR count). The van der Waals surface area contributed by atoms with Crippen molar-refractivity contribution in [1.82, 2.24) is 10.2 Å². The first-order valence-corrected chi connectivity index (χ1v) is 8.59. The Morgan fingerprint density at radius 1 is 1.26 bits per heavy atom. The van der Waals surface area contributed by atoms with Gasteiger partial charge < -0.3 is 16.0 Å². The van der Waals surface area contributed by atoms with E-state index in [9.17, 15) is 9.59 Å². The van der Waals surface area contributed by atoms with Crippen molar-refractivity contribution in [1.29, 1.82) is 0 Å². The molecule has 2 amide bonds. The van der Waals surface area contributed by atoms with Crippen LogP contribution in [0.1, 0.15) is 33.3 Å². The van der Waals surface area contributed by atoms with Crippen LogP contribution in [0.25, 0.3) is 0 Å². The molecule has 1 aromatic carbocycles. The highest BCUT2D eigenvalue weighted by molar-refractivity contribution is 9.10. The molecule has 0 aliphatic carbocycles. The number of nitrogens with one attached hydrogen (secondary N) is 1. The van der Waals surface area contributed by atoms with Gasteiger partial charge in [0.1, 0.15) is 0 Å². The van der Waals surface area contributed by atoms with Crippen LogP contribution in [0.15, 0.2) is 28.7 Å². The van der Waals surface area contributed by atoms with Crippen LogP contribution in [0.5, 0.6) is 0 Å². The molecular formula is C17H26BrN3O2. The number of hydrogen-bond acceptors (Lipinski definition) is 3. The van der Waals surface area contributed by atoms with E-state index in [4.69, 9.17) is 5.73 Å². The largest absolute Gasteiger partial charge is 0.346 e. The first-order chi connectivity index (χ1) is 10.7. The van der Waals surface area contributed by atoms with E-state index >= 15 is 0 Å². The van der Waals surface area contributed by atoms with Crippen LogP contribution in [0.4, 0.5) is 0 Å². The van der Waals surface area contributed by atoms with Gasteiger partial charge in [-0.1, -0.05) is 41.9 Å². The van der Waals surface area contributed by atoms with Crippen LogP contribution < -0.4 is 11.1 Å². The Morgan fingerprint density at radius 2 is 1.91 bits per heavy atom. The zero-order valence-electron chi connectivity index (χ0n) is 14.2. The summed E-state index contributed by atoms with van der Waals surface area (Å²) in [5.41, 5.74) is 6.81. The van der Waals surface area contributed by atoms with Gasteiger partial charge in [-0.05, 0) is 37.5 Å². The van der Waals surface area contributed by atoms with Gasteiger partial charge in [-0.25, -0.2) is 0 Å². The van der Waals surface area contributed by atoms with E-state index in [0.29, 0.717) is 6.54 Å². The molecule has 0 saturated carbocycles. The minimum absolute atomic E-state index is 0.0352. The molecule has 0 heterocycles. The quantitative estimate of drug-likeness (QED) is 0.758. The summed E-state index contributed by atoms with van der Waals surface area (Å²) < 4.78 is 0.974. The number of halogens is 1. The fourth-order valence-corrected chi connectivity index (χ4v) is 2.52. The lowest BCUT2D eigenvalue weighted by Gasteiger charge is -2.27. The molecule has 3 N–H and O–H groups in total. The summed E-state index contributed by atoms with van der Waals surface area (Å²) in [6, 6.07) is 7.28. The Morgan fingerprint density at radius 3 is 2.43 bits per heavy atom. The van der Waals surface area contributed by atoms with Crippen LogP contribution in [0.2, 0.25) is 0 Å². The number of benzene rings is 1. The number of rotatable bonds is 7. The van der Waals surface area contributed by atoms with Gasteiger partial charge in [-0.2, -0.15) is 0 Å². The van der Waals surface area contributed by atoms with Gasteiger partial charge in [-0.3, -0.25) is 9.59 Å². The van der Waals surface area contributed by atoms with Crippen LogP contribution in [0.3, 0.4) is 0 Å². The fraction of sp³-hybridized carbons (Fsp3) is 0.529. The second kappa shape index (κ2) is 9.03. The second-order valence-electron chi connectivity index (χ2n) is 6.23. The summed E-state index contributed by atoms with van der Waals surface area (Å²) in [5.74, 6) is -0.378. The molecule has 0 fully saturated rings. The predicted octanol–water partition coefficient (Wildman–Crippen LogP) is 2.29. The molecule has 0 spiro atoms. The minimum atomic E-state index is -0.597. The molecular weight excluding hydrogens is 358 g/mol. The smallest absolute Gasteiger partial charge is 0.242 e. The van der Waals surface area contributed by atoms with Crippen LogP contribution in [-0.2, 0) is 16.1 Å². The first-order valence-electron chi connectivity index (χ1n) is 7.79. The van der Waals surface area contributed by atoms with Gasteiger partial charge in [-0.15, -0.1) is 0 Å². The minimum Gasteiger partial charge on any atom is -0.346 e. The molecule has 0 saturated heterocycles. The van der Waals surface area contributed by atoms with Gasteiger partial charge >= 0.3 is 0 Å². The SMILES string of the molecule is CC(C)[C@H](N)C(=O)NCC(=O)N(Cc1cccc(Br)c1)C(C)C. The molecule has 6 heteroatoms. The molecule has 0 aliphatic rings. The zero-order chi connectivity index (χ0) is 17.6. The number of carbonyl (C=O) groups is 2. The Balaban J connectivity index is 2.67. The highest BCUT2D eigenvalue weighted by atomic mass is 79.9. The third-order valence-corrected chi connectivity index (χ3v) is 4.11. The predicted molar refractivity (Wildman–Crippen MR) is 95.7 cm³/mol. The number of carbonyl (C=O) groups excluding carboxylic acids is 2. The maximum Gasteiger partial charge on any atom is 0.242 e. The Bertz CT molecular complexity index is 546. The van der Waals surface area contributed by atoms with Crippen molar-refractivity contribution < 1.29 is 9.59 Å². The van der Waals surface area contributed by atoms with E-state index in [2.05, 4.69) is 21.2 Å². The van der Waals surface area contributed by atoms with Gasteiger partial charge in [0.2, 0.25) is 11.8 Å². The number of nitrogens with zero attached hydrogens (tertiary/aromatic N) is 1. The Labute approximate surface area is 146 Å². The summed E-state index contributed by atoms with van der Waals surface area (Å²) >= 11 is 3.43. The zero-order valence-corrected chi connectivity index (χ0v) is 15.8. The third-order valence-electron chi connectivity index (χ3n) is 3.62. The van der Waals surface area contributed by atoms with E-state index in [1.165, 1.54) is 0 Å². The molecule has 0 unspecified atom stereocenters. The Kier molecular flexibility index (Phi) is 7.72. The van der Waals surface area contributed by atoms with Gasteiger partial charge in [0.25, 0.3) is 0 Å². The van der Waals surface area contributed by atoms with Crippen molar-refractivity contribution in [3.63, 3.8) is 0 Å². The summed E-state index contributed by atoms with van der Waals surface area (Å²) in [7, 11) is 0. The first kappa shape index (κ1) is 19.6. The van der Waals surface area contributed by atoms with E-state index in [-0.39, 0.29) is 30.3 Å². The second-order valence-corrected chi connectivity index (χ2v) is 7.15. The number of nitrogens with two attached hydrogens (primary N) is 1. The normalized spacial score (nSPS) is 12.3. The number of amides is 2. The van der Waals surface area contributed by atoms with Gasteiger partial charge in [0.05, 0.1) is 12.6 Å². The average Bonchev–Trinajstić information content (AvgIpc) is 2.48. The average molecular weight is 384 g/mol. The summed E-state index contributed by atoms with van der Waals surface area (Å²) in [5, 5.41) is 2.63. The maximum absolute atomic E-state index is 12.4. The molecule has 1 atom stereocenters. The van der Waals surface area contributed by atoms with Crippen molar-refractivity contribution in [2.24, 2.45) is 11.7 Å². The Hall–Kier alpha value is -1.40. The van der Waals surface area contributed by atoms with Crippen LogP contribution >= 0.6 is 15.9 Å². The van der Waals surface area contributed by atoms with Gasteiger partial charge in [0.15, 0.2) is 0 Å². The topological polar surface area (TPSA) is 75.4 Å². The van der Waals surface area contributed by atoms with Gasteiger partial charge in [0, 0.05) is 17.1 Å². The molecule has 0 bridgehead atoms.